The molecule has 2 aromatic rings. The maximum Gasteiger partial charge on any atom is 0.387 e. The van der Waals surface area contributed by atoms with Crippen LogP contribution in [0.4, 0.5) is 14.5 Å². The summed E-state index contributed by atoms with van der Waals surface area (Å²) in [6.45, 7) is 0.117. The van der Waals surface area contributed by atoms with E-state index in [2.05, 4.69) is 4.98 Å². The van der Waals surface area contributed by atoms with Crippen molar-refractivity contribution in [2.75, 3.05) is 18.0 Å². The average molecular weight is 380 g/mol. The number of aromatic nitrogens is 2. The van der Waals surface area contributed by atoms with E-state index in [9.17, 15) is 18.4 Å². The molecule has 1 aliphatic heterocycles. The highest BCUT2D eigenvalue weighted by Crippen LogP contribution is 2.42. The van der Waals surface area contributed by atoms with Crippen LogP contribution in [0.3, 0.4) is 0 Å². The molecule has 0 radical (unpaired) electrons. The van der Waals surface area contributed by atoms with Crippen LogP contribution in [0.5, 0.6) is 5.75 Å². The van der Waals surface area contributed by atoms with E-state index < -0.39 is 17.9 Å². The van der Waals surface area contributed by atoms with Gasteiger partial charge in [-0.05, 0) is 44.2 Å². The minimum absolute atomic E-state index is 0.0117. The van der Waals surface area contributed by atoms with Gasteiger partial charge in [-0.1, -0.05) is 0 Å². The van der Waals surface area contributed by atoms with E-state index in [0.29, 0.717) is 18.8 Å². The molecule has 27 heavy (non-hydrogen) atoms. The van der Waals surface area contributed by atoms with Crippen LogP contribution in [0, 0.1) is 5.92 Å². The van der Waals surface area contributed by atoms with Gasteiger partial charge in [0.25, 0.3) is 5.56 Å². The van der Waals surface area contributed by atoms with Gasteiger partial charge in [-0.25, -0.2) is 4.79 Å². The van der Waals surface area contributed by atoms with Crippen LogP contribution in [0.25, 0.3) is 10.9 Å². The molecule has 146 valence electrons. The molecule has 2 fully saturated rings. The van der Waals surface area contributed by atoms with Crippen molar-refractivity contribution in [2.45, 2.75) is 44.9 Å². The number of fused-ring (bicyclic) bond motifs is 1. The number of halogens is 2. The van der Waals surface area contributed by atoms with Gasteiger partial charge >= 0.3 is 12.3 Å². The van der Waals surface area contributed by atoms with Crippen molar-refractivity contribution in [2.24, 2.45) is 11.7 Å². The summed E-state index contributed by atoms with van der Waals surface area (Å²) < 4.78 is 32.7. The first-order valence-corrected chi connectivity index (χ1v) is 9.13. The largest absolute Gasteiger partial charge is 0.430 e. The van der Waals surface area contributed by atoms with Crippen molar-refractivity contribution in [3.8, 4) is 5.75 Å². The van der Waals surface area contributed by atoms with Crippen molar-refractivity contribution < 1.29 is 13.5 Å². The van der Waals surface area contributed by atoms with Gasteiger partial charge < -0.3 is 15.4 Å². The molecule has 1 aliphatic carbocycles. The lowest BCUT2D eigenvalue weighted by atomic mass is 10.0. The smallest absolute Gasteiger partial charge is 0.387 e. The van der Waals surface area contributed by atoms with Crippen LogP contribution in [0.2, 0.25) is 0 Å². The summed E-state index contributed by atoms with van der Waals surface area (Å²) in [5, 5.41) is 0.170. The summed E-state index contributed by atoms with van der Waals surface area (Å²) in [6, 6.07) is 3.06. The molecule has 3 N–H and O–H groups in total. The van der Waals surface area contributed by atoms with Crippen LogP contribution in [-0.4, -0.2) is 35.3 Å². The van der Waals surface area contributed by atoms with Crippen LogP contribution < -0.4 is 26.6 Å². The second-order valence-electron chi connectivity index (χ2n) is 7.40. The molecule has 2 atom stereocenters. The molecule has 7 nitrogen and oxygen atoms in total. The first-order chi connectivity index (χ1) is 12.9. The molecule has 0 amide bonds. The van der Waals surface area contributed by atoms with E-state index in [4.69, 9.17) is 10.5 Å². The van der Waals surface area contributed by atoms with E-state index >= 15 is 0 Å². The van der Waals surface area contributed by atoms with E-state index in [1.165, 1.54) is 4.57 Å². The molecule has 9 heteroatoms. The van der Waals surface area contributed by atoms with Crippen molar-refractivity contribution >= 4 is 16.6 Å². The molecule has 1 aromatic heterocycles. The van der Waals surface area contributed by atoms with Crippen LogP contribution in [0.1, 0.15) is 32.2 Å². The zero-order chi connectivity index (χ0) is 19.3. The number of rotatable bonds is 5. The number of ether oxygens (including phenoxy) is 1. The number of H-pyrrole nitrogens is 1. The number of hydrogen-bond donors (Lipinski definition) is 2. The third kappa shape index (κ3) is 3.20. The highest BCUT2D eigenvalue weighted by atomic mass is 19.3. The third-order valence-electron chi connectivity index (χ3n) is 5.46. The summed E-state index contributed by atoms with van der Waals surface area (Å²) in [5.74, 6) is 0.132. The van der Waals surface area contributed by atoms with Gasteiger partial charge in [0.15, 0.2) is 5.75 Å². The number of aromatic amines is 1. The lowest BCUT2D eigenvalue weighted by Crippen LogP contribution is -2.32. The first-order valence-electron chi connectivity index (χ1n) is 9.13. The maximum atomic E-state index is 13.2. The molecule has 1 aromatic carbocycles. The number of nitrogens with one attached hydrogen (secondary N) is 1. The minimum atomic E-state index is -3.07. The Morgan fingerprint density at radius 3 is 2.59 bits per heavy atom. The molecule has 0 spiro atoms. The zero-order valence-corrected chi connectivity index (χ0v) is 15.0. The Kier molecular flexibility index (Phi) is 4.41. The number of benzene rings is 1. The van der Waals surface area contributed by atoms with Gasteiger partial charge in [0.05, 0.1) is 11.1 Å². The molecule has 0 unspecified atom stereocenters. The van der Waals surface area contributed by atoms with E-state index in [1.54, 1.807) is 12.1 Å². The number of anilines is 1. The number of alkyl halides is 2. The van der Waals surface area contributed by atoms with Crippen molar-refractivity contribution in [1.82, 2.24) is 9.55 Å². The molecule has 0 bridgehead atoms. The Morgan fingerprint density at radius 2 is 2.00 bits per heavy atom. The lowest BCUT2D eigenvalue weighted by molar-refractivity contribution is -0.0487. The number of hydrogen-bond acceptors (Lipinski definition) is 5. The number of nitrogens with two attached hydrogens (primary N) is 1. The highest BCUT2D eigenvalue weighted by molar-refractivity contribution is 5.90. The summed E-state index contributed by atoms with van der Waals surface area (Å²) >= 11 is 0. The van der Waals surface area contributed by atoms with E-state index in [1.807, 2.05) is 11.8 Å². The normalized spacial score (nSPS) is 21.2. The molecule has 1 saturated heterocycles. The SMILES string of the molecule is C[C@@H](N)[C@H]1CCN(c2ccc3c(=O)[nH]c(=O)n(C4CC4)c3c2OC(F)F)C1. The molecular weight excluding hydrogens is 358 g/mol. The average Bonchev–Trinajstić information content (AvgIpc) is 3.30. The van der Waals surface area contributed by atoms with Gasteiger partial charge in [0.1, 0.15) is 5.52 Å². The van der Waals surface area contributed by atoms with Gasteiger partial charge in [-0.15, -0.1) is 0 Å². The van der Waals surface area contributed by atoms with Gasteiger partial charge in [0.2, 0.25) is 0 Å². The monoisotopic (exact) mass is 380 g/mol. The number of nitrogens with zero attached hydrogens (tertiary/aromatic N) is 2. The third-order valence-corrected chi connectivity index (χ3v) is 5.46. The topological polar surface area (TPSA) is 93.4 Å². The van der Waals surface area contributed by atoms with E-state index in [-0.39, 0.29) is 34.7 Å². The molecule has 2 heterocycles. The Labute approximate surface area is 153 Å². The first kappa shape index (κ1) is 18.0. The zero-order valence-electron chi connectivity index (χ0n) is 15.0. The van der Waals surface area contributed by atoms with Crippen molar-refractivity contribution in [3.63, 3.8) is 0 Å². The Bertz CT molecular complexity index is 981. The molecular formula is C18H22F2N4O3. The fraction of sp³-hybridized carbons (Fsp3) is 0.556. The van der Waals surface area contributed by atoms with Crippen molar-refractivity contribution in [1.29, 1.82) is 0 Å². The van der Waals surface area contributed by atoms with E-state index in [0.717, 1.165) is 19.3 Å². The molecule has 1 saturated carbocycles. The Morgan fingerprint density at radius 1 is 1.26 bits per heavy atom. The van der Waals surface area contributed by atoms with Gasteiger partial charge in [-0.2, -0.15) is 8.78 Å². The highest BCUT2D eigenvalue weighted by Gasteiger charge is 2.32. The summed E-state index contributed by atoms with van der Waals surface area (Å²) in [4.78, 5) is 28.9. The van der Waals surface area contributed by atoms with Crippen molar-refractivity contribution in [3.05, 3.63) is 33.0 Å². The predicted molar refractivity (Wildman–Crippen MR) is 97.7 cm³/mol. The molecule has 2 aliphatic rings. The summed E-state index contributed by atoms with van der Waals surface area (Å²) in [6.07, 6.45) is 2.36. The summed E-state index contributed by atoms with van der Waals surface area (Å²) in [5.41, 5.74) is 5.40. The Balaban J connectivity index is 1.93. The fourth-order valence-corrected chi connectivity index (χ4v) is 3.88. The maximum absolute atomic E-state index is 13.2. The van der Waals surface area contributed by atoms with Crippen LogP contribution >= 0.6 is 0 Å². The minimum Gasteiger partial charge on any atom is -0.430 e. The quantitative estimate of drug-likeness (QED) is 0.825. The van der Waals surface area contributed by atoms with Gasteiger partial charge in [-0.3, -0.25) is 14.3 Å². The van der Waals surface area contributed by atoms with Crippen LogP contribution in [0.15, 0.2) is 21.7 Å². The van der Waals surface area contributed by atoms with Crippen LogP contribution in [-0.2, 0) is 0 Å². The summed E-state index contributed by atoms with van der Waals surface area (Å²) in [7, 11) is 0. The standard InChI is InChI=1S/C18H22F2N4O3/c1-9(21)10-6-7-23(8-10)13-5-4-12-14(15(13)27-17(19)20)24(11-2-3-11)18(26)22-16(12)25/h4-5,9-11,17H,2-3,6-8,21H2,1H3,(H,22,25,26)/t9-,10+/m1/s1. The second kappa shape index (κ2) is 6.63. The predicted octanol–water partition coefficient (Wildman–Crippen LogP) is 1.80. The van der Waals surface area contributed by atoms with Gasteiger partial charge in [0, 0.05) is 25.2 Å². The second-order valence-corrected chi connectivity index (χ2v) is 7.40. The molecule has 4 rings (SSSR count). The lowest BCUT2D eigenvalue weighted by Gasteiger charge is -2.24. The fourth-order valence-electron chi connectivity index (χ4n) is 3.88. The Hall–Kier alpha value is -2.42.